The monoisotopic (exact) mass is 226 g/mol. The molecule has 1 aromatic rings. The zero-order valence-electron chi connectivity index (χ0n) is 10.7. The lowest BCUT2D eigenvalue weighted by Crippen LogP contribution is -2.30. The number of rotatable bonds is 7. The lowest BCUT2D eigenvalue weighted by Gasteiger charge is -2.24. The molecule has 1 N–H and O–H groups in total. The fourth-order valence-electron chi connectivity index (χ4n) is 1.46. The Balaban J connectivity index is 2.27. The number of nitrogens with zero attached hydrogens (tertiary/aromatic N) is 3. The Bertz CT molecular complexity index is 309. The van der Waals surface area contributed by atoms with Crippen LogP contribution in [0.2, 0.25) is 0 Å². The third-order valence-corrected chi connectivity index (χ3v) is 2.67. The zero-order chi connectivity index (χ0) is 12.0. The summed E-state index contributed by atoms with van der Waals surface area (Å²) in [5, 5.41) is 7.43. The molecule has 0 fully saturated rings. The number of methoxy groups -OCH3 is 1. The summed E-state index contributed by atoms with van der Waals surface area (Å²) in [6, 6.07) is 0. The van der Waals surface area contributed by atoms with Crippen molar-refractivity contribution in [1.82, 2.24) is 20.1 Å². The van der Waals surface area contributed by atoms with Gasteiger partial charge in [0, 0.05) is 27.3 Å². The maximum Gasteiger partial charge on any atom is 0.140 e. The van der Waals surface area contributed by atoms with Crippen molar-refractivity contribution >= 4 is 0 Å². The van der Waals surface area contributed by atoms with Crippen molar-refractivity contribution in [3.63, 3.8) is 0 Å². The van der Waals surface area contributed by atoms with E-state index in [1.54, 1.807) is 18.1 Å². The van der Waals surface area contributed by atoms with Crippen LogP contribution >= 0.6 is 0 Å². The van der Waals surface area contributed by atoms with Gasteiger partial charge in [-0.25, -0.2) is 4.98 Å². The SMILES string of the molecule is COCCC(C)(C)CNCc1ncnn1C. The van der Waals surface area contributed by atoms with Crippen LogP contribution in [0.3, 0.4) is 0 Å². The smallest absolute Gasteiger partial charge is 0.140 e. The highest BCUT2D eigenvalue weighted by Crippen LogP contribution is 2.18. The molecule has 0 amide bonds. The van der Waals surface area contributed by atoms with Gasteiger partial charge < -0.3 is 10.1 Å². The van der Waals surface area contributed by atoms with E-state index < -0.39 is 0 Å². The van der Waals surface area contributed by atoms with Crippen LogP contribution in [0, 0.1) is 5.41 Å². The molecule has 1 aromatic heterocycles. The highest BCUT2D eigenvalue weighted by Gasteiger charge is 2.17. The average Bonchev–Trinajstić information content (AvgIpc) is 2.62. The van der Waals surface area contributed by atoms with Gasteiger partial charge in [0.1, 0.15) is 12.2 Å². The first-order valence-electron chi connectivity index (χ1n) is 5.58. The van der Waals surface area contributed by atoms with Crippen LogP contribution in [0.15, 0.2) is 6.33 Å². The summed E-state index contributed by atoms with van der Waals surface area (Å²) in [5.41, 5.74) is 0.245. The molecular formula is C11H22N4O. The lowest BCUT2D eigenvalue weighted by atomic mass is 9.90. The summed E-state index contributed by atoms with van der Waals surface area (Å²) in [6.45, 7) is 6.97. The molecule has 92 valence electrons. The molecule has 0 spiro atoms. The molecule has 0 aliphatic rings. The normalized spacial score (nSPS) is 12.0. The summed E-state index contributed by atoms with van der Waals surface area (Å²) in [7, 11) is 3.64. The summed E-state index contributed by atoms with van der Waals surface area (Å²) in [6.07, 6.45) is 2.63. The highest BCUT2D eigenvalue weighted by atomic mass is 16.5. The van der Waals surface area contributed by atoms with Gasteiger partial charge in [-0.3, -0.25) is 4.68 Å². The maximum atomic E-state index is 5.09. The van der Waals surface area contributed by atoms with Gasteiger partial charge in [-0.1, -0.05) is 13.8 Å². The molecular weight excluding hydrogens is 204 g/mol. The molecule has 5 nitrogen and oxygen atoms in total. The number of hydrogen-bond donors (Lipinski definition) is 1. The number of ether oxygens (including phenoxy) is 1. The number of aromatic nitrogens is 3. The van der Waals surface area contributed by atoms with Crippen LogP contribution < -0.4 is 5.32 Å². The van der Waals surface area contributed by atoms with Crippen LogP contribution in [0.5, 0.6) is 0 Å². The van der Waals surface area contributed by atoms with E-state index in [0.717, 1.165) is 31.9 Å². The minimum absolute atomic E-state index is 0.245. The Hall–Kier alpha value is -0.940. The van der Waals surface area contributed by atoms with Gasteiger partial charge in [0.05, 0.1) is 6.54 Å². The predicted molar refractivity (Wildman–Crippen MR) is 63.0 cm³/mol. The summed E-state index contributed by atoms with van der Waals surface area (Å²) in [5.74, 6) is 0.961. The Morgan fingerprint density at radius 2 is 2.25 bits per heavy atom. The molecule has 0 saturated carbocycles. The molecule has 1 rings (SSSR count). The van der Waals surface area contributed by atoms with Crippen LogP contribution in [-0.4, -0.2) is 35.0 Å². The van der Waals surface area contributed by atoms with Gasteiger partial charge in [-0.15, -0.1) is 0 Å². The second-order valence-corrected chi connectivity index (χ2v) is 4.81. The first kappa shape index (κ1) is 13.1. The average molecular weight is 226 g/mol. The van der Waals surface area contributed by atoms with E-state index in [4.69, 9.17) is 4.74 Å². The van der Waals surface area contributed by atoms with Gasteiger partial charge in [0.15, 0.2) is 0 Å². The van der Waals surface area contributed by atoms with Gasteiger partial charge in [0.2, 0.25) is 0 Å². The van der Waals surface area contributed by atoms with E-state index in [1.165, 1.54) is 0 Å². The molecule has 0 aromatic carbocycles. The first-order valence-corrected chi connectivity index (χ1v) is 5.58. The predicted octanol–water partition coefficient (Wildman–Crippen LogP) is 0.967. The Morgan fingerprint density at radius 3 is 2.81 bits per heavy atom. The topological polar surface area (TPSA) is 52.0 Å². The lowest BCUT2D eigenvalue weighted by molar-refractivity contribution is 0.150. The molecule has 0 bridgehead atoms. The largest absolute Gasteiger partial charge is 0.385 e. The molecule has 5 heteroatoms. The van der Waals surface area contributed by atoms with Gasteiger partial charge >= 0.3 is 0 Å². The molecule has 0 saturated heterocycles. The quantitative estimate of drug-likeness (QED) is 0.752. The second-order valence-electron chi connectivity index (χ2n) is 4.81. The highest BCUT2D eigenvalue weighted by molar-refractivity contribution is 4.83. The third-order valence-electron chi connectivity index (χ3n) is 2.67. The number of hydrogen-bond acceptors (Lipinski definition) is 4. The van der Waals surface area contributed by atoms with Crippen molar-refractivity contribution in [1.29, 1.82) is 0 Å². The minimum Gasteiger partial charge on any atom is -0.385 e. The molecule has 0 atom stereocenters. The number of nitrogens with one attached hydrogen (secondary N) is 1. The van der Waals surface area contributed by atoms with Crippen molar-refractivity contribution in [3.8, 4) is 0 Å². The van der Waals surface area contributed by atoms with Gasteiger partial charge in [0.25, 0.3) is 0 Å². The van der Waals surface area contributed by atoms with Crippen LogP contribution in [-0.2, 0) is 18.3 Å². The Kier molecular flexibility index (Phi) is 4.89. The minimum atomic E-state index is 0.245. The van der Waals surface area contributed by atoms with E-state index in [0.29, 0.717) is 0 Å². The van der Waals surface area contributed by atoms with Crippen molar-refractivity contribution in [2.75, 3.05) is 20.3 Å². The molecule has 0 aliphatic heterocycles. The van der Waals surface area contributed by atoms with Gasteiger partial charge in [-0.2, -0.15) is 5.10 Å². The Morgan fingerprint density at radius 1 is 1.50 bits per heavy atom. The fraction of sp³-hybridized carbons (Fsp3) is 0.818. The second kappa shape index (κ2) is 5.96. The van der Waals surface area contributed by atoms with Crippen molar-refractivity contribution in [2.45, 2.75) is 26.8 Å². The molecule has 0 radical (unpaired) electrons. The van der Waals surface area contributed by atoms with E-state index in [1.807, 2.05) is 7.05 Å². The van der Waals surface area contributed by atoms with Gasteiger partial charge in [-0.05, 0) is 11.8 Å². The molecule has 16 heavy (non-hydrogen) atoms. The standard InChI is InChI=1S/C11H22N4O/c1-11(2,5-6-16-4)8-12-7-10-13-9-14-15(10)3/h9,12H,5-8H2,1-4H3. The summed E-state index contributed by atoms with van der Waals surface area (Å²) < 4.78 is 6.88. The van der Waals surface area contributed by atoms with Crippen molar-refractivity contribution < 1.29 is 4.74 Å². The number of aryl methyl sites for hydroxylation is 1. The van der Waals surface area contributed by atoms with E-state index >= 15 is 0 Å². The van der Waals surface area contributed by atoms with Crippen molar-refractivity contribution in [3.05, 3.63) is 12.2 Å². The van der Waals surface area contributed by atoms with Crippen LogP contribution in [0.4, 0.5) is 0 Å². The fourth-order valence-corrected chi connectivity index (χ4v) is 1.46. The molecule has 0 aliphatic carbocycles. The van der Waals surface area contributed by atoms with Crippen LogP contribution in [0.1, 0.15) is 26.1 Å². The third kappa shape index (κ3) is 4.28. The Labute approximate surface area is 97.2 Å². The van der Waals surface area contributed by atoms with E-state index in [-0.39, 0.29) is 5.41 Å². The van der Waals surface area contributed by atoms with E-state index in [2.05, 4.69) is 29.2 Å². The van der Waals surface area contributed by atoms with Crippen LogP contribution in [0.25, 0.3) is 0 Å². The summed E-state index contributed by atoms with van der Waals surface area (Å²) in [4.78, 5) is 4.16. The van der Waals surface area contributed by atoms with E-state index in [9.17, 15) is 0 Å². The zero-order valence-corrected chi connectivity index (χ0v) is 10.7. The first-order chi connectivity index (χ1) is 7.55. The van der Waals surface area contributed by atoms with Crippen molar-refractivity contribution in [2.24, 2.45) is 12.5 Å². The maximum absolute atomic E-state index is 5.09. The molecule has 1 heterocycles. The molecule has 0 unspecified atom stereocenters. The summed E-state index contributed by atoms with van der Waals surface area (Å²) >= 11 is 0.